The number of hydrogen-bond donors (Lipinski definition) is 0. The predicted molar refractivity (Wildman–Crippen MR) is 197 cm³/mol. The van der Waals surface area contributed by atoms with Gasteiger partial charge in [0.2, 0.25) is 0 Å². The van der Waals surface area contributed by atoms with Crippen LogP contribution in [-0.4, -0.2) is 0 Å². The molecule has 1 heterocycles. The van der Waals surface area contributed by atoms with E-state index in [2.05, 4.69) is 182 Å². The van der Waals surface area contributed by atoms with Gasteiger partial charge in [-0.3, -0.25) is 0 Å². The van der Waals surface area contributed by atoms with Crippen LogP contribution < -0.4 is 4.90 Å². The summed E-state index contributed by atoms with van der Waals surface area (Å²) in [4.78, 5) is 2.32. The Morgan fingerprint density at radius 3 is 1.30 bits per heavy atom. The van der Waals surface area contributed by atoms with E-state index in [4.69, 9.17) is 4.42 Å². The lowest BCUT2D eigenvalue weighted by atomic mass is 10.00. The van der Waals surface area contributed by atoms with Crippen LogP contribution in [0.25, 0.3) is 55.7 Å². The van der Waals surface area contributed by atoms with Gasteiger partial charge < -0.3 is 9.32 Å². The van der Waals surface area contributed by atoms with E-state index < -0.39 is 0 Å². The molecule has 0 aliphatic heterocycles. The first-order valence-corrected chi connectivity index (χ1v) is 16.0. The SMILES string of the molecule is Cc1c(-c2cccc(N(c3ccc(-c4ccccc4)cc3)c3ccc(-c4ccc(-c5ccccc5)cc4)cc3)c2)oc2ccccc12. The van der Waals surface area contributed by atoms with E-state index in [1.807, 2.05) is 12.1 Å². The van der Waals surface area contributed by atoms with Crippen molar-refractivity contribution in [3.63, 3.8) is 0 Å². The summed E-state index contributed by atoms with van der Waals surface area (Å²) in [6, 6.07) is 64.4. The zero-order valence-corrected chi connectivity index (χ0v) is 26.2. The third kappa shape index (κ3) is 5.62. The Balaban J connectivity index is 1.17. The first-order valence-electron chi connectivity index (χ1n) is 16.0. The number of hydrogen-bond acceptors (Lipinski definition) is 2. The van der Waals surface area contributed by atoms with Gasteiger partial charge in [0.1, 0.15) is 11.3 Å². The maximum atomic E-state index is 6.38. The molecular weight excluding hydrogens is 571 g/mol. The molecular formula is C45H33NO. The molecule has 0 unspecified atom stereocenters. The fourth-order valence-corrected chi connectivity index (χ4v) is 6.41. The topological polar surface area (TPSA) is 16.4 Å². The van der Waals surface area contributed by atoms with Crippen molar-refractivity contribution in [2.45, 2.75) is 6.92 Å². The molecule has 0 atom stereocenters. The molecule has 0 aliphatic carbocycles. The van der Waals surface area contributed by atoms with Gasteiger partial charge in [0.25, 0.3) is 0 Å². The largest absolute Gasteiger partial charge is 0.456 e. The highest BCUT2D eigenvalue weighted by Gasteiger charge is 2.17. The lowest BCUT2D eigenvalue weighted by molar-refractivity contribution is 0.629. The minimum atomic E-state index is 0.904. The Labute approximate surface area is 275 Å². The van der Waals surface area contributed by atoms with E-state index in [1.54, 1.807) is 0 Å². The fraction of sp³-hybridized carbons (Fsp3) is 0.0222. The van der Waals surface area contributed by atoms with Gasteiger partial charge in [-0.05, 0) is 82.8 Å². The monoisotopic (exact) mass is 603 g/mol. The van der Waals surface area contributed by atoms with Gasteiger partial charge in [-0.1, -0.05) is 140 Å². The molecule has 2 heteroatoms. The van der Waals surface area contributed by atoms with Gasteiger partial charge in [0.15, 0.2) is 0 Å². The van der Waals surface area contributed by atoms with Crippen LogP contribution in [0, 0.1) is 6.92 Å². The van der Waals surface area contributed by atoms with Gasteiger partial charge in [0, 0.05) is 33.6 Å². The Bertz CT molecular complexity index is 2270. The normalized spacial score (nSPS) is 11.1. The molecule has 0 saturated carbocycles. The highest BCUT2D eigenvalue weighted by Crippen LogP contribution is 2.40. The number of aryl methyl sites for hydroxylation is 1. The first kappa shape index (κ1) is 28.4. The molecule has 7 aromatic carbocycles. The van der Waals surface area contributed by atoms with Crippen molar-refractivity contribution in [2.75, 3.05) is 4.90 Å². The van der Waals surface area contributed by atoms with Crippen molar-refractivity contribution in [3.8, 4) is 44.7 Å². The van der Waals surface area contributed by atoms with Crippen molar-refractivity contribution in [2.24, 2.45) is 0 Å². The van der Waals surface area contributed by atoms with Crippen LogP contribution in [0.4, 0.5) is 17.1 Å². The highest BCUT2D eigenvalue weighted by molar-refractivity contribution is 5.89. The van der Waals surface area contributed by atoms with E-state index in [1.165, 1.54) is 33.4 Å². The second-order valence-electron chi connectivity index (χ2n) is 11.8. The first-order chi connectivity index (χ1) is 23.2. The minimum Gasteiger partial charge on any atom is -0.456 e. The molecule has 8 aromatic rings. The van der Waals surface area contributed by atoms with Crippen LogP contribution >= 0.6 is 0 Å². The summed E-state index contributed by atoms with van der Waals surface area (Å²) in [5, 5.41) is 1.15. The van der Waals surface area contributed by atoms with E-state index in [0.29, 0.717) is 0 Å². The quantitative estimate of drug-likeness (QED) is 0.180. The standard InChI is InChI=1S/C45H33NO/c1-32-43-17-8-9-18-44(43)47-45(32)39-15-10-16-42(31-39)46(40-27-23-37(24-28-40)34-13-6-3-7-14-34)41-29-25-38(26-30-41)36-21-19-35(20-22-36)33-11-4-2-5-12-33/h2-31H,1H3. The Hall–Kier alpha value is -6.12. The predicted octanol–water partition coefficient (Wildman–Crippen LogP) is 12.9. The molecule has 2 nitrogen and oxygen atoms in total. The van der Waals surface area contributed by atoms with Crippen LogP contribution in [0.1, 0.15) is 5.56 Å². The second-order valence-corrected chi connectivity index (χ2v) is 11.8. The summed E-state index contributed by atoms with van der Waals surface area (Å²) in [6.07, 6.45) is 0. The lowest BCUT2D eigenvalue weighted by Gasteiger charge is -2.26. The molecule has 0 radical (unpaired) electrons. The van der Waals surface area contributed by atoms with Crippen molar-refractivity contribution in [1.29, 1.82) is 0 Å². The summed E-state index contributed by atoms with van der Waals surface area (Å²) >= 11 is 0. The number of benzene rings is 7. The number of fused-ring (bicyclic) bond motifs is 1. The number of para-hydroxylation sites is 1. The molecule has 47 heavy (non-hydrogen) atoms. The molecule has 1 aromatic heterocycles. The van der Waals surface area contributed by atoms with Crippen LogP contribution in [-0.2, 0) is 0 Å². The maximum Gasteiger partial charge on any atom is 0.138 e. The summed E-state index contributed by atoms with van der Waals surface area (Å²) in [5.74, 6) is 0.904. The van der Waals surface area contributed by atoms with Crippen molar-refractivity contribution in [1.82, 2.24) is 0 Å². The van der Waals surface area contributed by atoms with Crippen molar-refractivity contribution >= 4 is 28.0 Å². The smallest absolute Gasteiger partial charge is 0.138 e. The molecule has 0 aliphatic rings. The van der Waals surface area contributed by atoms with Gasteiger partial charge in [-0.25, -0.2) is 0 Å². The van der Waals surface area contributed by atoms with E-state index in [0.717, 1.165) is 44.9 Å². The third-order valence-electron chi connectivity index (χ3n) is 8.89. The molecule has 0 fully saturated rings. The van der Waals surface area contributed by atoms with Crippen LogP contribution in [0.3, 0.4) is 0 Å². The van der Waals surface area contributed by atoms with Gasteiger partial charge in [0.05, 0.1) is 0 Å². The molecule has 0 N–H and O–H groups in total. The zero-order chi connectivity index (χ0) is 31.6. The Kier molecular flexibility index (Phi) is 7.45. The van der Waals surface area contributed by atoms with Crippen LogP contribution in [0.5, 0.6) is 0 Å². The molecule has 0 saturated heterocycles. The summed E-state index contributed by atoms with van der Waals surface area (Å²) in [6.45, 7) is 2.14. The number of rotatable bonds is 7. The summed E-state index contributed by atoms with van der Waals surface area (Å²) in [5.41, 5.74) is 13.6. The molecule has 0 amide bonds. The highest BCUT2D eigenvalue weighted by atomic mass is 16.3. The summed E-state index contributed by atoms with van der Waals surface area (Å²) in [7, 11) is 0. The lowest BCUT2D eigenvalue weighted by Crippen LogP contribution is -2.10. The molecule has 0 spiro atoms. The maximum absolute atomic E-state index is 6.38. The Morgan fingerprint density at radius 2 is 0.787 bits per heavy atom. The van der Waals surface area contributed by atoms with E-state index >= 15 is 0 Å². The fourth-order valence-electron chi connectivity index (χ4n) is 6.41. The molecule has 0 bridgehead atoms. The molecule has 224 valence electrons. The minimum absolute atomic E-state index is 0.904. The number of furan rings is 1. The zero-order valence-electron chi connectivity index (χ0n) is 26.2. The Morgan fingerprint density at radius 1 is 0.362 bits per heavy atom. The van der Waals surface area contributed by atoms with E-state index in [9.17, 15) is 0 Å². The molecule has 8 rings (SSSR count). The van der Waals surface area contributed by atoms with Gasteiger partial charge >= 0.3 is 0 Å². The van der Waals surface area contributed by atoms with Crippen LogP contribution in [0.15, 0.2) is 186 Å². The van der Waals surface area contributed by atoms with Gasteiger partial charge in [-0.15, -0.1) is 0 Å². The van der Waals surface area contributed by atoms with Gasteiger partial charge in [-0.2, -0.15) is 0 Å². The van der Waals surface area contributed by atoms with E-state index in [-0.39, 0.29) is 0 Å². The van der Waals surface area contributed by atoms with Crippen LogP contribution in [0.2, 0.25) is 0 Å². The average molecular weight is 604 g/mol. The average Bonchev–Trinajstić information content (AvgIpc) is 3.49. The summed E-state index contributed by atoms with van der Waals surface area (Å²) < 4.78 is 6.38. The van der Waals surface area contributed by atoms with Crippen molar-refractivity contribution < 1.29 is 4.42 Å². The number of anilines is 3. The second kappa shape index (κ2) is 12.3. The van der Waals surface area contributed by atoms with Crippen molar-refractivity contribution in [3.05, 3.63) is 188 Å². The third-order valence-corrected chi connectivity index (χ3v) is 8.89. The number of nitrogens with zero attached hydrogens (tertiary/aromatic N) is 1.